The molecule has 38 heavy (non-hydrogen) atoms. The fraction of sp³-hybridized carbons (Fsp3) is 0.500. The standard InChI is InChI=1S/C28H34Cl2N2O5S/c1-4-31(38(3,36)37)17-24(18-8-9-18)32-26(19-10-12-21(29)13-11-19)23(20-6-5-7-22(30)14-20)15-28(2,27(32)35)16-25(33)34/h5-7,10-14,18,23-24,26H,4,8-9,15-17H2,1-3H3,(H,33,34)/t23-,24-,26-,28-/m1/s1. The van der Waals surface area contributed by atoms with Crippen LogP contribution in [0.1, 0.15) is 62.6 Å². The van der Waals surface area contributed by atoms with Gasteiger partial charge in [-0.15, -0.1) is 0 Å². The number of nitrogens with zero attached hydrogens (tertiary/aromatic N) is 2. The normalized spacial score (nSPS) is 25.0. The molecule has 0 radical (unpaired) electrons. The fourth-order valence-electron chi connectivity index (χ4n) is 5.90. The molecule has 10 heteroatoms. The predicted molar refractivity (Wildman–Crippen MR) is 149 cm³/mol. The summed E-state index contributed by atoms with van der Waals surface area (Å²) in [6, 6.07) is 13.9. The molecule has 206 valence electrons. The molecule has 1 N–H and O–H groups in total. The Morgan fingerprint density at radius 1 is 1.13 bits per heavy atom. The van der Waals surface area contributed by atoms with E-state index in [1.807, 2.05) is 35.2 Å². The molecule has 1 saturated carbocycles. The van der Waals surface area contributed by atoms with Crippen LogP contribution in [0, 0.1) is 11.3 Å². The van der Waals surface area contributed by atoms with E-state index in [2.05, 4.69) is 0 Å². The first-order valence-corrected chi connectivity index (χ1v) is 15.4. The Morgan fingerprint density at radius 2 is 1.79 bits per heavy atom. The van der Waals surface area contributed by atoms with Gasteiger partial charge in [-0.05, 0) is 60.6 Å². The van der Waals surface area contributed by atoms with Gasteiger partial charge in [-0.3, -0.25) is 9.59 Å². The molecule has 4 rings (SSSR count). The van der Waals surface area contributed by atoms with Gasteiger partial charge in [0.05, 0.1) is 24.1 Å². The Kier molecular flexibility index (Phi) is 8.48. The summed E-state index contributed by atoms with van der Waals surface area (Å²) in [5, 5.41) is 10.9. The van der Waals surface area contributed by atoms with E-state index in [0.29, 0.717) is 16.5 Å². The third-order valence-electron chi connectivity index (χ3n) is 7.87. The molecule has 1 aliphatic heterocycles. The van der Waals surface area contributed by atoms with Gasteiger partial charge in [-0.1, -0.05) is 61.3 Å². The van der Waals surface area contributed by atoms with Crippen molar-refractivity contribution in [2.75, 3.05) is 19.3 Å². The van der Waals surface area contributed by atoms with Crippen LogP contribution in [0.3, 0.4) is 0 Å². The molecule has 1 amide bonds. The van der Waals surface area contributed by atoms with Crippen LogP contribution in [0.15, 0.2) is 48.5 Å². The summed E-state index contributed by atoms with van der Waals surface area (Å²) in [7, 11) is -3.51. The van der Waals surface area contributed by atoms with Gasteiger partial charge in [-0.2, -0.15) is 0 Å². The zero-order valence-corrected chi connectivity index (χ0v) is 24.1. The van der Waals surface area contributed by atoms with Gasteiger partial charge in [-0.25, -0.2) is 12.7 Å². The number of carbonyl (C=O) groups excluding carboxylic acids is 1. The van der Waals surface area contributed by atoms with Crippen molar-refractivity contribution in [1.82, 2.24) is 9.21 Å². The summed E-state index contributed by atoms with van der Waals surface area (Å²) >= 11 is 12.6. The summed E-state index contributed by atoms with van der Waals surface area (Å²) in [6.07, 6.45) is 2.91. The van der Waals surface area contributed by atoms with Crippen molar-refractivity contribution in [2.24, 2.45) is 11.3 Å². The lowest BCUT2D eigenvalue weighted by Crippen LogP contribution is -2.59. The number of hydrogen-bond donors (Lipinski definition) is 1. The maximum Gasteiger partial charge on any atom is 0.304 e. The second-order valence-electron chi connectivity index (χ2n) is 10.8. The predicted octanol–water partition coefficient (Wildman–Crippen LogP) is 5.59. The number of halogens is 2. The number of carboxylic acid groups (broad SMARTS) is 1. The van der Waals surface area contributed by atoms with Crippen LogP contribution in [0.2, 0.25) is 10.0 Å². The molecule has 7 nitrogen and oxygen atoms in total. The van der Waals surface area contributed by atoms with Crippen LogP contribution >= 0.6 is 23.2 Å². The molecule has 1 aliphatic carbocycles. The molecule has 0 spiro atoms. The smallest absolute Gasteiger partial charge is 0.304 e. The van der Waals surface area contributed by atoms with Gasteiger partial charge in [0.2, 0.25) is 15.9 Å². The third-order valence-corrected chi connectivity index (χ3v) is 9.70. The number of amides is 1. The average molecular weight is 582 g/mol. The van der Waals surface area contributed by atoms with E-state index in [0.717, 1.165) is 24.0 Å². The molecular weight excluding hydrogens is 547 g/mol. The van der Waals surface area contributed by atoms with E-state index in [1.165, 1.54) is 10.6 Å². The number of rotatable bonds is 10. The molecule has 2 aromatic rings. The molecule has 0 aromatic heterocycles. The first kappa shape index (κ1) is 28.9. The fourth-order valence-corrected chi connectivity index (χ4v) is 7.11. The van der Waals surface area contributed by atoms with E-state index in [-0.39, 0.29) is 37.3 Å². The largest absolute Gasteiger partial charge is 0.481 e. The second kappa shape index (κ2) is 11.2. The zero-order chi connectivity index (χ0) is 27.8. The van der Waals surface area contributed by atoms with E-state index in [4.69, 9.17) is 23.2 Å². The summed E-state index contributed by atoms with van der Waals surface area (Å²) in [4.78, 5) is 28.2. The molecule has 2 aromatic carbocycles. The van der Waals surface area contributed by atoms with Gasteiger partial charge in [0.25, 0.3) is 0 Å². The maximum atomic E-state index is 14.4. The molecule has 2 aliphatic rings. The minimum atomic E-state index is -3.51. The van der Waals surface area contributed by atoms with E-state index in [1.54, 1.807) is 32.0 Å². The van der Waals surface area contributed by atoms with Gasteiger partial charge in [0.1, 0.15) is 0 Å². The van der Waals surface area contributed by atoms with Crippen LogP contribution in [0.25, 0.3) is 0 Å². The highest BCUT2D eigenvalue weighted by molar-refractivity contribution is 7.88. The Bertz CT molecular complexity index is 1300. The molecule has 0 bridgehead atoms. The monoisotopic (exact) mass is 580 g/mol. The molecule has 0 unspecified atom stereocenters. The molecule has 1 heterocycles. The Morgan fingerprint density at radius 3 is 2.32 bits per heavy atom. The van der Waals surface area contributed by atoms with Gasteiger partial charge < -0.3 is 10.0 Å². The second-order valence-corrected chi connectivity index (χ2v) is 13.7. The number of hydrogen-bond acceptors (Lipinski definition) is 4. The SMILES string of the molecule is CCN(C[C@H](C1CC1)N1C(=O)[C@@](C)(CC(=O)O)C[C@H](c2cccc(Cl)c2)[C@H]1c1ccc(Cl)cc1)S(C)(=O)=O. The average Bonchev–Trinajstić information content (AvgIpc) is 3.66. The van der Waals surface area contributed by atoms with Gasteiger partial charge >= 0.3 is 5.97 Å². The van der Waals surface area contributed by atoms with Crippen LogP contribution in [0.4, 0.5) is 0 Å². The Balaban J connectivity index is 1.92. The van der Waals surface area contributed by atoms with Gasteiger partial charge in [0.15, 0.2) is 0 Å². The Labute approximate surface area is 234 Å². The first-order valence-electron chi connectivity index (χ1n) is 12.8. The third kappa shape index (κ3) is 6.19. The number of sulfonamides is 1. The molecular formula is C28H34Cl2N2O5S. The summed E-state index contributed by atoms with van der Waals surface area (Å²) in [5.41, 5.74) is 0.575. The topological polar surface area (TPSA) is 95.0 Å². The maximum absolute atomic E-state index is 14.4. The summed E-state index contributed by atoms with van der Waals surface area (Å²) in [6.45, 7) is 3.92. The zero-order valence-electron chi connectivity index (χ0n) is 21.8. The number of likely N-dealkylation sites (N-methyl/N-ethyl adjacent to an activating group) is 1. The van der Waals surface area contributed by atoms with Crippen molar-refractivity contribution < 1.29 is 23.1 Å². The molecule has 4 atom stereocenters. The Hall–Kier alpha value is -2.13. The number of carboxylic acids is 1. The van der Waals surface area contributed by atoms with E-state index >= 15 is 0 Å². The van der Waals surface area contributed by atoms with Crippen molar-refractivity contribution in [2.45, 2.75) is 57.5 Å². The quantitative estimate of drug-likeness (QED) is 0.395. The van der Waals surface area contributed by atoms with Crippen molar-refractivity contribution in [3.63, 3.8) is 0 Å². The highest BCUT2D eigenvalue weighted by Gasteiger charge is 2.54. The van der Waals surface area contributed by atoms with Crippen LogP contribution in [0.5, 0.6) is 0 Å². The number of likely N-dealkylation sites (tertiary alicyclic amines) is 1. The summed E-state index contributed by atoms with van der Waals surface area (Å²) in [5.74, 6) is -1.47. The lowest BCUT2D eigenvalue weighted by atomic mass is 9.67. The minimum absolute atomic E-state index is 0.122. The van der Waals surface area contributed by atoms with Crippen molar-refractivity contribution in [3.8, 4) is 0 Å². The number of aliphatic carboxylic acids is 1. The number of piperidine rings is 1. The minimum Gasteiger partial charge on any atom is -0.481 e. The number of benzene rings is 2. The van der Waals surface area contributed by atoms with Crippen molar-refractivity contribution in [3.05, 3.63) is 69.7 Å². The lowest BCUT2D eigenvalue weighted by molar-refractivity contribution is -0.161. The van der Waals surface area contributed by atoms with Crippen LogP contribution < -0.4 is 0 Å². The number of carbonyl (C=O) groups is 2. The highest BCUT2D eigenvalue weighted by atomic mass is 35.5. The lowest BCUT2D eigenvalue weighted by Gasteiger charge is -2.52. The van der Waals surface area contributed by atoms with Crippen molar-refractivity contribution >= 4 is 45.1 Å². The van der Waals surface area contributed by atoms with E-state index in [9.17, 15) is 23.1 Å². The molecule has 2 fully saturated rings. The van der Waals surface area contributed by atoms with Crippen LogP contribution in [-0.2, 0) is 19.6 Å². The van der Waals surface area contributed by atoms with Crippen molar-refractivity contribution in [1.29, 1.82) is 0 Å². The summed E-state index contributed by atoms with van der Waals surface area (Å²) < 4.78 is 26.6. The van der Waals surface area contributed by atoms with E-state index < -0.39 is 33.5 Å². The highest BCUT2D eigenvalue weighted by Crippen LogP contribution is 2.54. The van der Waals surface area contributed by atoms with Crippen LogP contribution in [-0.4, -0.2) is 60.0 Å². The first-order chi connectivity index (χ1) is 17.8. The van der Waals surface area contributed by atoms with Gasteiger partial charge in [0, 0.05) is 35.1 Å². The molecule has 1 saturated heterocycles.